The number of carbonyl (C=O) groups excluding carboxylic acids is 1. The second-order valence-electron chi connectivity index (χ2n) is 7.78. The molecule has 0 amide bonds. The lowest BCUT2D eigenvalue weighted by atomic mass is 9.91. The first kappa shape index (κ1) is 22.0. The molecule has 1 saturated heterocycles. The molecule has 6 heteroatoms. The van der Waals surface area contributed by atoms with E-state index in [2.05, 4.69) is 23.2 Å². The number of rotatable bonds is 9. The van der Waals surface area contributed by atoms with Crippen LogP contribution in [0.5, 0.6) is 5.75 Å². The van der Waals surface area contributed by atoms with Crippen molar-refractivity contribution in [2.24, 2.45) is 0 Å². The molecule has 1 aromatic heterocycles. The fraction of sp³-hybridized carbons (Fsp3) is 0.308. The number of aromatic nitrogens is 1. The molecule has 0 N–H and O–H groups in total. The number of esters is 1. The molecule has 3 aromatic rings. The van der Waals surface area contributed by atoms with Gasteiger partial charge in [0, 0.05) is 17.5 Å². The molecule has 0 unspecified atom stereocenters. The van der Waals surface area contributed by atoms with Crippen molar-refractivity contribution < 1.29 is 23.7 Å². The Morgan fingerprint density at radius 2 is 1.88 bits per heavy atom. The monoisotopic (exact) mass is 433 g/mol. The number of hydrogen-bond acceptors (Lipinski definition) is 6. The third-order valence-corrected chi connectivity index (χ3v) is 5.40. The predicted molar refractivity (Wildman–Crippen MR) is 120 cm³/mol. The summed E-state index contributed by atoms with van der Waals surface area (Å²) in [4.78, 5) is 16.0. The SMILES string of the molecule is CCOC(=O)COC1(c2ccc(OCc3cccc(-c4ccc(C)nc4)c3)cc2)COC1. The Balaban J connectivity index is 1.37. The van der Waals surface area contributed by atoms with Crippen molar-refractivity contribution in [3.63, 3.8) is 0 Å². The van der Waals surface area contributed by atoms with E-state index >= 15 is 0 Å². The van der Waals surface area contributed by atoms with Crippen LogP contribution in [0.2, 0.25) is 0 Å². The van der Waals surface area contributed by atoms with Gasteiger partial charge in [-0.3, -0.25) is 4.98 Å². The second-order valence-corrected chi connectivity index (χ2v) is 7.78. The van der Waals surface area contributed by atoms with Crippen LogP contribution in [0, 0.1) is 6.92 Å². The van der Waals surface area contributed by atoms with Crippen molar-refractivity contribution in [3.05, 3.63) is 83.7 Å². The van der Waals surface area contributed by atoms with E-state index in [-0.39, 0.29) is 12.6 Å². The maximum Gasteiger partial charge on any atom is 0.332 e. The van der Waals surface area contributed by atoms with Gasteiger partial charge in [0.05, 0.1) is 19.8 Å². The fourth-order valence-corrected chi connectivity index (χ4v) is 3.52. The lowest BCUT2D eigenvalue weighted by Crippen LogP contribution is -2.49. The van der Waals surface area contributed by atoms with Crippen molar-refractivity contribution in [1.29, 1.82) is 0 Å². The summed E-state index contributed by atoms with van der Waals surface area (Å²) in [5.74, 6) is 0.388. The second kappa shape index (κ2) is 9.94. The van der Waals surface area contributed by atoms with Gasteiger partial charge in [0.1, 0.15) is 24.6 Å². The van der Waals surface area contributed by atoms with Gasteiger partial charge >= 0.3 is 5.97 Å². The lowest BCUT2D eigenvalue weighted by molar-refractivity contribution is -0.221. The van der Waals surface area contributed by atoms with Crippen molar-refractivity contribution in [1.82, 2.24) is 4.98 Å². The Kier molecular flexibility index (Phi) is 6.83. The maximum atomic E-state index is 11.7. The van der Waals surface area contributed by atoms with Crippen LogP contribution in [0.25, 0.3) is 11.1 Å². The molecule has 1 aliphatic rings. The number of pyridine rings is 1. The van der Waals surface area contributed by atoms with E-state index in [1.807, 2.05) is 55.6 Å². The minimum atomic E-state index is -0.609. The molecule has 32 heavy (non-hydrogen) atoms. The maximum absolute atomic E-state index is 11.7. The van der Waals surface area contributed by atoms with Crippen molar-refractivity contribution in [2.75, 3.05) is 26.4 Å². The Morgan fingerprint density at radius 1 is 1.06 bits per heavy atom. The van der Waals surface area contributed by atoms with Crippen LogP contribution in [-0.2, 0) is 31.2 Å². The van der Waals surface area contributed by atoms with Crippen LogP contribution in [-0.4, -0.2) is 37.4 Å². The highest BCUT2D eigenvalue weighted by Crippen LogP contribution is 2.34. The molecule has 166 valence electrons. The molecule has 1 fully saturated rings. The fourth-order valence-electron chi connectivity index (χ4n) is 3.52. The normalized spacial score (nSPS) is 14.4. The Bertz CT molecular complexity index is 1040. The van der Waals surface area contributed by atoms with Crippen molar-refractivity contribution in [2.45, 2.75) is 26.1 Å². The van der Waals surface area contributed by atoms with Crippen molar-refractivity contribution >= 4 is 5.97 Å². The summed E-state index contributed by atoms with van der Waals surface area (Å²) in [7, 11) is 0. The van der Waals surface area contributed by atoms with Gasteiger partial charge in [-0.25, -0.2) is 4.79 Å². The first-order valence-electron chi connectivity index (χ1n) is 10.7. The highest BCUT2D eigenvalue weighted by atomic mass is 16.6. The van der Waals surface area contributed by atoms with Crippen LogP contribution < -0.4 is 4.74 Å². The number of aryl methyl sites for hydroxylation is 1. The summed E-state index contributed by atoms with van der Waals surface area (Å²) in [5, 5.41) is 0. The quantitative estimate of drug-likeness (QED) is 0.465. The van der Waals surface area contributed by atoms with Crippen LogP contribution in [0.15, 0.2) is 66.9 Å². The molecule has 0 aliphatic carbocycles. The summed E-state index contributed by atoms with van der Waals surface area (Å²) >= 11 is 0. The minimum absolute atomic E-state index is 0.0949. The van der Waals surface area contributed by atoms with Crippen LogP contribution >= 0.6 is 0 Å². The molecule has 1 aliphatic heterocycles. The van der Waals surface area contributed by atoms with Crippen LogP contribution in [0.3, 0.4) is 0 Å². The summed E-state index contributed by atoms with van der Waals surface area (Å²) in [5.41, 5.74) is 4.61. The Morgan fingerprint density at radius 3 is 2.53 bits per heavy atom. The largest absolute Gasteiger partial charge is 0.489 e. The average molecular weight is 434 g/mol. The van der Waals surface area contributed by atoms with E-state index in [0.717, 1.165) is 33.7 Å². The summed E-state index contributed by atoms with van der Waals surface area (Å²) < 4.78 is 22.2. The zero-order chi connectivity index (χ0) is 22.4. The number of carbonyl (C=O) groups is 1. The van der Waals surface area contributed by atoms with Gasteiger partial charge in [-0.15, -0.1) is 0 Å². The van der Waals surface area contributed by atoms with Gasteiger partial charge in [-0.2, -0.15) is 0 Å². The zero-order valence-electron chi connectivity index (χ0n) is 18.4. The van der Waals surface area contributed by atoms with Gasteiger partial charge in [0.2, 0.25) is 0 Å². The Hall–Kier alpha value is -3.22. The van der Waals surface area contributed by atoms with E-state index in [9.17, 15) is 4.79 Å². The molecule has 0 saturated carbocycles. The summed E-state index contributed by atoms with van der Waals surface area (Å²) in [6.45, 7) is 5.27. The predicted octanol–water partition coefficient (Wildman–Crippen LogP) is 4.44. The third-order valence-electron chi connectivity index (χ3n) is 5.40. The van der Waals surface area contributed by atoms with E-state index < -0.39 is 5.60 Å². The molecule has 0 bridgehead atoms. The van der Waals surface area contributed by atoms with E-state index in [4.69, 9.17) is 18.9 Å². The zero-order valence-corrected chi connectivity index (χ0v) is 18.4. The Labute approximate surface area is 188 Å². The van der Waals surface area contributed by atoms with Gasteiger partial charge in [0.15, 0.2) is 0 Å². The molecular formula is C26H27NO5. The van der Waals surface area contributed by atoms with Gasteiger partial charge in [-0.05, 0) is 54.8 Å². The van der Waals surface area contributed by atoms with E-state index in [0.29, 0.717) is 26.4 Å². The van der Waals surface area contributed by atoms with Gasteiger partial charge < -0.3 is 18.9 Å². The van der Waals surface area contributed by atoms with E-state index in [1.54, 1.807) is 6.92 Å². The molecule has 0 atom stereocenters. The highest BCUT2D eigenvalue weighted by molar-refractivity contribution is 5.70. The molecule has 0 radical (unpaired) electrons. The third kappa shape index (κ3) is 5.15. The molecule has 2 heterocycles. The number of hydrogen-bond donors (Lipinski definition) is 0. The van der Waals surface area contributed by atoms with Crippen LogP contribution in [0.1, 0.15) is 23.7 Å². The summed E-state index contributed by atoms with van der Waals surface area (Å²) in [6, 6.07) is 20.1. The molecular weight excluding hydrogens is 406 g/mol. The molecule has 0 spiro atoms. The van der Waals surface area contributed by atoms with E-state index in [1.165, 1.54) is 0 Å². The van der Waals surface area contributed by atoms with Gasteiger partial charge in [0.25, 0.3) is 0 Å². The standard InChI is InChI=1S/C26H27NO5/c1-3-30-25(28)16-32-26(17-29-18-26)23-9-11-24(12-10-23)31-15-20-5-4-6-21(13-20)22-8-7-19(2)27-14-22/h4-14H,3,15-18H2,1-2H3. The minimum Gasteiger partial charge on any atom is -0.489 e. The lowest BCUT2D eigenvalue weighted by Gasteiger charge is -2.41. The van der Waals surface area contributed by atoms with Gasteiger partial charge in [-0.1, -0.05) is 36.4 Å². The highest BCUT2D eigenvalue weighted by Gasteiger charge is 2.42. The first-order valence-corrected chi connectivity index (χ1v) is 10.7. The number of nitrogens with zero attached hydrogens (tertiary/aromatic N) is 1. The summed E-state index contributed by atoms with van der Waals surface area (Å²) in [6.07, 6.45) is 1.89. The van der Waals surface area contributed by atoms with Crippen LogP contribution in [0.4, 0.5) is 0 Å². The molecule has 4 rings (SSSR count). The number of benzene rings is 2. The number of ether oxygens (including phenoxy) is 4. The topological polar surface area (TPSA) is 66.9 Å². The van der Waals surface area contributed by atoms with Crippen molar-refractivity contribution in [3.8, 4) is 16.9 Å². The molecule has 2 aromatic carbocycles. The molecule has 6 nitrogen and oxygen atoms in total. The smallest absolute Gasteiger partial charge is 0.332 e. The first-order chi connectivity index (χ1) is 15.6. The average Bonchev–Trinajstić information content (AvgIpc) is 2.79.